The van der Waals surface area contributed by atoms with Crippen LogP contribution in [0.25, 0.3) is 11.1 Å². The van der Waals surface area contributed by atoms with Crippen LogP contribution in [-0.2, 0) is 13.1 Å². The van der Waals surface area contributed by atoms with E-state index >= 15 is 0 Å². The van der Waals surface area contributed by atoms with Gasteiger partial charge in [0.05, 0.1) is 25.9 Å². The normalized spacial score (nSPS) is 10.5. The average molecular weight is 372 g/mol. The molecule has 0 N–H and O–H groups in total. The molecule has 28 heavy (non-hydrogen) atoms. The highest BCUT2D eigenvalue weighted by Gasteiger charge is 2.09. The van der Waals surface area contributed by atoms with Gasteiger partial charge >= 0.3 is 0 Å². The van der Waals surface area contributed by atoms with E-state index < -0.39 is 0 Å². The van der Waals surface area contributed by atoms with E-state index in [0.717, 1.165) is 41.3 Å². The molecule has 3 rings (SSSR count). The Morgan fingerprint density at radius 2 is 1.64 bits per heavy atom. The first-order valence-corrected chi connectivity index (χ1v) is 9.12. The Hall–Kier alpha value is -3.29. The number of nitrogens with zero attached hydrogens (tertiary/aromatic N) is 2. The predicted molar refractivity (Wildman–Crippen MR) is 111 cm³/mol. The number of rotatable bonds is 7. The SMILES string of the molecule is COc1ccc(CN(C)Cc2ccc(-c3ccccc3C#N)cc2)c(OC)c1. The Labute approximate surface area is 166 Å². The molecule has 4 nitrogen and oxygen atoms in total. The zero-order chi connectivity index (χ0) is 19.9. The monoisotopic (exact) mass is 372 g/mol. The van der Waals surface area contributed by atoms with Crippen molar-refractivity contribution in [3.63, 3.8) is 0 Å². The van der Waals surface area contributed by atoms with Crippen molar-refractivity contribution in [1.29, 1.82) is 5.26 Å². The van der Waals surface area contributed by atoms with Crippen molar-refractivity contribution in [3.05, 3.63) is 83.4 Å². The Bertz CT molecular complexity index is 975. The van der Waals surface area contributed by atoms with Gasteiger partial charge in [0.25, 0.3) is 0 Å². The summed E-state index contributed by atoms with van der Waals surface area (Å²) in [5.41, 5.74) is 5.05. The van der Waals surface area contributed by atoms with Gasteiger partial charge in [-0.25, -0.2) is 0 Å². The third-order valence-electron chi connectivity index (χ3n) is 4.70. The smallest absolute Gasteiger partial charge is 0.127 e. The van der Waals surface area contributed by atoms with E-state index in [9.17, 15) is 5.26 Å². The highest BCUT2D eigenvalue weighted by atomic mass is 16.5. The van der Waals surface area contributed by atoms with Gasteiger partial charge in [0.15, 0.2) is 0 Å². The maximum Gasteiger partial charge on any atom is 0.127 e. The molecule has 142 valence electrons. The van der Waals surface area contributed by atoms with Crippen LogP contribution in [0.4, 0.5) is 0 Å². The third kappa shape index (κ3) is 4.51. The molecular formula is C24H24N2O2. The topological polar surface area (TPSA) is 45.5 Å². The second-order valence-electron chi connectivity index (χ2n) is 6.70. The Morgan fingerprint density at radius 1 is 0.893 bits per heavy atom. The van der Waals surface area contributed by atoms with Crippen molar-refractivity contribution in [2.24, 2.45) is 0 Å². The van der Waals surface area contributed by atoms with Crippen molar-refractivity contribution in [1.82, 2.24) is 4.90 Å². The van der Waals surface area contributed by atoms with Gasteiger partial charge in [-0.05, 0) is 35.9 Å². The van der Waals surface area contributed by atoms with Gasteiger partial charge in [0, 0.05) is 24.7 Å². The summed E-state index contributed by atoms with van der Waals surface area (Å²) in [6, 6.07) is 24.2. The molecule has 3 aromatic carbocycles. The van der Waals surface area contributed by atoms with Crippen LogP contribution in [0.1, 0.15) is 16.7 Å². The summed E-state index contributed by atoms with van der Waals surface area (Å²) >= 11 is 0. The lowest BCUT2D eigenvalue weighted by Gasteiger charge is -2.19. The summed E-state index contributed by atoms with van der Waals surface area (Å²) in [6.45, 7) is 1.58. The summed E-state index contributed by atoms with van der Waals surface area (Å²) in [4.78, 5) is 2.24. The fourth-order valence-electron chi connectivity index (χ4n) is 3.26. The van der Waals surface area contributed by atoms with Crippen molar-refractivity contribution >= 4 is 0 Å². The molecule has 4 heteroatoms. The highest BCUT2D eigenvalue weighted by molar-refractivity contribution is 5.70. The Morgan fingerprint density at radius 3 is 2.32 bits per heavy atom. The third-order valence-corrected chi connectivity index (χ3v) is 4.70. The number of hydrogen-bond acceptors (Lipinski definition) is 4. The van der Waals surface area contributed by atoms with E-state index in [4.69, 9.17) is 9.47 Å². The number of benzene rings is 3. The van der Waals surface area contributed by atoms with E-state index in [1.807, 2.05) is 42.5 Å². The highest BCUT2D eigenvalue weighted by Crippen LogP contribution is 2.27. The molecular weight excluding hydrogens is 348 g/mol. The van der Waals surface area contributed by atoms with Gasteiger partial charge in [0.2, 0.25) is 0 Å². The van der Waals surface area contributed by atoms with Gasteiger partial charge in [-0.15, -0.1) is 0 Å². The van der Waals surface area contributed by atoms with E-state index in [1.54, 1.807) is 14.2 Å². The fourth-order valence-corrected chi connectivity index (χ4v) is 3.26. The summed E-state index contributed by atoms with van der Waals surface area (Å²) in [5.74, 6) is 1.62. The van der Waals surface area contributed by atoms with Crippen molar-refractivity contribution in [2.75, 3.05) is 21.3 Å². The Kier molecular flexibility index (Phi) is 6.31. The lowest BCUT2D eigenvalue weighted by molar-refractivity contribution is 0.309. The minimum atomic E-state index is 0.693. The van der Waals surface area contributed by atoms with Gasteiger partial charge in [0.1, 0.15) is 11.5 Å². The van der Waals surface area contributed by atoms with Crippen molar-refractivity contribution in [2.45, 2.75) is 13.1 Å². The molecule has 0 atom stereocenters. The molecule has 0 heterocycles. The molecule has 3 aromatic rings. The molecule has 0 spiro atoms. The average Bonchev–Trinajstić information content (AvgIpc) is 2.74. The zero-order valence-electron chi connectivity index (χ0n) is 16.5. The number of hydrogen-bond donors (Lipinski definition) is 0. The largest absolute Gasteiger partial charge is 0.497 e. The zero-order valence-corrected chi connectivity index (χ0v) is 16.5. The molecule has 0 bridgehead atoms. The fraction of sp³-hybridized carbons (Fsp3) is 0.208. The van der Waals surface area contributed by atoms with Crippen LogP contribution in [0, 0.1) is 11.3 Å². The summed E-state index contributed by atoms with van der Waals surface area (Å²) in [5, 5.41) is 9.29. The minimum Gasteiger partial charge on any atom is -0.497 e. The van der Waals surface area contributed by atoms with E-state index in [2.05, 4.69) is 42.3 Å². The molecule has 0 aliphatic heterocycles. The van der Waals surface area contributed by atoms with Gasteiger partial charge < -0.3 is 9.47 Å². The van der Waals surface area contributed by atoms with Gasteiger partial charge in [-0.2, -0.15) is 5.26 Å². The first-order valence-electron chi connectivity index (χ1n) is 9.12. The van der Waals surface area contributed by atoms with Crippen LogP contribution in [0.3, 0.4) is 0 Å². The molecule has 0 aliphatic rings. The molecule has 0 aliphatic carbocycles. The standard InChI is InChI=1S/C24H24N2O2/c1-26(17-21-12-13-22(27-2)14-24(21)28-3)16-18-8-10-19(11-9-18)23-7-5-4-6-20(23)15-25/h4-14H,16-17H2,1-3H3. The second kappa shape index (κ2) is 9.07. The summed E-state index contributed by atoms with van der Waals surface area (Å²) in [7, 11) is 5.41. The lowest BCUT2D eigenvalue weighted by Crippen LogP contribution is -2.17. The molecule has 0 fully saturated rings. The van der Waals surface area contributed by atoms with Crippen LogP contribution < -0.4 is 9.47 Å². The van der Waals surface area contributed by atoms with Gasteiger partial charge in [-0.3, -0.25) is 4.90 Å². The molecule has 0 saturated carbocycles. The van der Waals surface area contributed by atoms with E-state index in [0.29, 0.717) is 5.56 Å². The minimum absolute atomic E-state index is 0.693. The number of ether oxygens (including phenoxy) is 2. The van der Waals surface area contributed by atoms with E-state index in [-0.39, 0.29) is 0 Å². The molecule has 0 saturated heterocycles. The van der Waals surface area contributed by atoms with Gasteiger partial charge in [-0.1, -0.05) is 48.5 Å². The van der Waals surface area contributed by atoms with Crippen LogP contribution in [0.15, 0.2) is 66.7 Å². The molecule has 0 unspecified atom stereocenters. The van der Waals surface area contributed by atoms with E-state index in [1.165, 1.54) is 5.56 Å². The van der Waals surface area contributed by atoms with Crippen LogP contribution in [-0.4, -0.2) is 26.2 Å². The van der Waals surface area contributed by atoms with Crippen molar-refractivity contribution < 1.29 is 9.47 Å². The predicted octanol–water partition coefficient (Wildman–Crippen LogP) is 4.87. The first-order chi connectivity index (χ1) is 13.6. The molecule has 0 radical (unpaired) electrons. The lowest BCUT2D eigenvalue weighted by atomic mass is 9.99. The Balaban J connectivity index is 1.70. The first kappa shape index (κ1) is 19.5. The summed E-state index contributed by atoms with van der Waals surface area (Å²) < 4.78 is 10.8. The molecule has 0 aromatic heterocycles. The number of methoxy groups -OCH3 is 2. The van der Waals surface area contributed by atoms with Crippen LogP contribution >= 0.6 is 0 Å². The van der Waals surface area contributed by atoms with Crippen LogP contribution in [0.2, 0.25) is 0 Å². The van der Waals surface area contributed by atoms with Crippen LogP contribution in [0.5, 0.6) is 11.5 Å². The number of nitriles is 1. The molecule has 0 amide bonds. The quantitative estimate of drug-likeness (QED) is 0.593. The summed E-state index contributed by atoms with van der Waals surface area (Å²) in [6.07, 6.45) is 0. The second-order valence-corrected chi connectivity index (χ2v) is 6.70. The van der Waals surface area contributed by atoms with Crippen molar-refractivity contribution in [3.8, 4) is 28.7 Å². The maximum absolute atomic E-state index is 9.29. The maximum atomic E-state index is 9.29.